The molecule has 21 heavy (non-hydrogen) atoms. The largest absolute Gasteiger partial charge is 0.382 e. The van der Waals surface area contributed by atoms with E-state index in [1.54, 1.807) is 13.3 Å². The highest BCUT2D eigenvalue weighted by Crippen LogP contribution is 1.86. The second-order valence-electron chi connectivity index (χ2n) is 4.42. The van der Waals surface area contributed by atoms with E-state index >= 15 is 0 Å². The average molecular weight is 297 g/mol. The maximum atomic E-state index is 5.40. The fraction of sp³-hybridized carbons (Fsp3) is 0.714. The van der Waals surface area contributed by atoms with E-state index in [0.29, 0.717) is 19.8 Å². The van der Waals surface area contributed by atoms with E-state index in [9.17, 15) is 0 Å². The van der Waals surface area contributed by atoms with Crippen LogP contribution in [0.2, 0.25) is 0 Å². The summed E-state index contributed by atoms with van der Waals surface area (Å²) in [6.07, 6.45) is 4.63. The summed E-state index contributed by atoms with van der Waals surface area (Å²) < 4.78 is 12.2. The van der Waals surface area contributed by atoms with Crippen molar-refractivity contribution in [1.82, 2.24) is 20.4 Å². The van der Waals surface area contributed by atoms with Crippen LogP contribution in [0.15, 0.2) is 23.5 Å². The van der Waals surface area contributed by atoms with Gasteiger partial charge < -0.3 is 20.1 Å². The second kappa shape index (κ2) is 12.2. The molecule has 0 spiro atoms. The molecule has 7 heteroatoms. The van der Waals surface area contributed by atoms with Crippen LogP contribution in [0.4, 0.5) is 0 Å². The summed E-state index contributed by atoms with van der Waals surface area (Å²) in [5, 5.41) is 10.7. The summed E-state index contributed by atoms with van der Waals surface area (Å²) in [6, 6.07) is 1.92. The normalized spacial score (nSPS) is 11.6. The van der Waals surface area contributed by atoms with Gasteiger partial charge in [0.05, 0.1) is 19.8 Å². The summed E-state index contributed by atoms with van der Waals surface area (Å²) in [5.41, 5.74) is 0. The molecule has 1 rings (SSSR count). The number of hydrogen-bond acceptors (Lipinski definition) is 4. The highest BCUT2D eigenvalue weighted by atomic mass is 16.5. The molecule has 120 valence electrons. The molecule has 0 radical (unpaired) electrons. The smallest absolute Gasteiger partial charge is 0.191 e. The summed E-state index contributed by atoms with van der Waals surface area (Å²) in [7, 11) is 1.67. The lowest BCUT2D eigenvalue weighted by Gasteiger charge is -2.11. The molecular formula is C14H27N5O2. The molecule has 0 aliphatic carbocycles. The van der Waals surface area contributed by atoms with Gasteiger partial charge in [-0.1, -0.05) is 0 Å². The van der Waals surface area contributed by atoms with Crippen molar-refractivity contribution in [2.75, 3.05) is 46.6 Å². The molecular weight excluding hydrogens is 270 g/mol. The van der Waals surface area contributed by atoms with Gasteiger partial charge in [-0.05, 0) is 19.4 Å². The summed E-state index contributed by atoms with van der Waals surface area (Å²) in [6.45, 7) is 7.23. The Hall–Kier alpha value is -1.60. The first-order chi connectivity index (χ1) is 10.4. The lowest BCUT2D eigenvalue weighted by molar-refractivity contribution is 0.0702. The molecule has 0 aliphatic heterocycles. The quantitative estimate of drug-likeness (QED) is 0.353. The summed E-state index contributed by atoms with van der Waals surface area (Å²) >= 11 is 0. The molecule has 7 nitrogen and oxygen atoms in total. The molecule has 0 bridgehead atoms. The van der Waals surface area contributed by atoms with Gasteiger partial charge in [0.25, 0.3) is 0 Å². The molecule has 1 aromatic heterocycles. The summed E-state index contributed by atoms with van der Waals surface area (Å²) in [4.78, 5) is 4.50. The van der Waals surface area contributed by atoms with Crippen molar-refractivity contribution in [3.63, 3.8) is 0 Å². The van der Waals surface area contributed by atoms with E-state index in [1.165, 1.54) is 0 Å². The number of nitrogens with one attached hydrogen (secondary N) is 2. The minimum atomic E-state index is 0.640. The Morgan fingerprint density at radius 1 is 1.29 bits per heavy atom. The highest BCUT2D eigenvalue weighted by molar-refractivity contribution is 5.79. The van der Waals surface area contributed by atoms with Crippen LogP contribution in [0, 0.1) is 0 Å². The predicted molar refractivity (Wildman–Crippen MR) is 83.5 cm³/mol. The lowest BCUT2D eigenvalue weighted by Crippen LogP contribution is -2.39. The molecule has 2 N–H and O–H groups in total. The zero-order chi connectivity index (χ0) is 15.2. The van der Waals surface area contributed by atoms with Crippen molar-refractivity contribution in [2.45, 2.75) is 19.9 Å². The topological polar surface area (TPSA) is 72.7 Å². The molecule has 0 fully saturated rings. The third-order valence-electron chi connectivity index (χ3n) is 2.69. The molecule has 0 unspecified atom stereocenters. The van der Waals surface area contributed by atoms with Gasteiger partial charge in [-0.15, -0.1) is 0 Å². The van der Waals surface area contributed by atoms with Crippen LogP contribution >= 0.6 is 0 Å². The Kier molecular flexibility index (Phi) is 10.1. The van der Waals surface area contributed by atoms with Gasteiger partial charge in [0.1, 0.15) is 0 Å². The number of methoxy groups -OCH3 is 1. The minimum absolute atomic E-state index is 0.640. The standard InChI is InChI=1S/C14H27N5O2/c1-3-15-14(16-6-5-11-21-13-12-20-2)17-8-10-19-9-4-7-18-19/h4,7,9H,3,5-6,8,10-13H2,1-2H3,(H2,15,16,17). The van der Waals surface area contributed by atoms with Crippen molar-refractivity contribution in [2.24, 2.45) is 4.99 Å². The maximum absolute atomic E-state index is 5.40. The molecule has 0 amide bonds. The Bertz CT molecular complexity index is 367. The Morgan fingerprint density at radius 3 is 2.90 bits per heavy atom. The molecule has 0 aliphatic rings. The summed E-state index contributed by atoms with van der Waals surface area (Å²) in [5.74, 6) is 0.835. The number of aliphatic imine (C=N–C) groups is 1. The third kappa shape index (κ3) is 9.04. The molecule has 0 atom stereocenters. The van der Waals surface area contributed by atoms with E-state index in [2.05, 4.69) is 27.6 Å². The first-order valence-electron chi connectivity index (χ1n) is 7.43. The third-order valence-corrected chi connectivity index (χ3v) is 2.69. The first kappa shape index (κ1) is 17.5. The zero-order valence-electron chi connectivity index (χ0n) is 13.0. The van der Waals surface area contributed by atoms with Crippen LogP contribution < -0.4 is 10.6 Å². The highest BCUT2D eigenvalue weighted by Gasteiger charge is 1.97. The van der Waals surface area contributed by atoms with Crippen molar-refractivity contribution in [3.8, 4) is 0 Å². The van der Waals surface area contributed by atoms with Crippen molar-refractivity contribution >= 4 is 5.96 Å². The van der Waals surface area contributed by atoms with Crippen LogP contribution in [0.25, 0.3) is 0 Å². The van der Waals surface area contributed by atoms with E-state index in [-0.39, 0.29) is 0 Å². The van der Waals surface area contributed by atoms with E-state index in [1.807, 2.05) is 16.9 Å². The van der Waals surface area contributed by atoms with Crippen LogP contribution in [-0.4, -0.2) is 62.3 Å². The Labute approximate surface area is 126 Å². The van der Waals surface area contributed by atoms with Gasteiger partial charge in [-0.3, -0.25) is 9.67 Å². The predicted octanol–water partition coefficient (Wildman–Crippen LogP) is 0.491. The minimum Gasteiger partial charge on any atom is -0.382 e. The van der Waals surface area contributed by atoms with Gasteiger partial charge in [-0.25, -0.2) is 0 Å². The van der Waals surface area contributed by atoms with Crippen molar-refractivity contribution < 1.29 is 9.47 Å². The number of aromatic nitrogens is 2. The van der Waals surface area contributed by atoms with Gasteiger partial charge in [0.15, 0.2) is 5.96 Å². The van der Waals surface area contributed by atoms with E-state index in [0.717, 1.165) is 38.6 Å². The van der Waals surface area contributed by atoms with E-state index in [4.69, 9.17) is 9.47 Å². The van der Waals surface area contributed by atoms with Crippen LogP contribution in [-0.2, 0) is 16.0 Å². The maximum Gasteiger partial charge on any atom is 0.191 e. The molecule has 0 saturated carbocycles. The Morgan fingerprint density at radius 2 is 2.19 bits per heavy atom. The Balaban J connectivity index is 2.13. The van der Waals surface area contributed by atoms with Gasteiger partial charge in [0.2, 0.25) is 0 Å². The monoisotopic (exact) mass is 297 g/mol. The van der Waals surface area contributed by atoms with Crippen LogP contribution in [0.1, 0.15) is 13.3 Å². The van der Waals surface area contributed by atoms with Gasteiger partial charge in [-0.2, -0.15) is 5.10 Å². The van der Waals surface area contributed by atoms with Crippen molar-refractivity contribution in [1.29, 1.82) is 0 Å². The van der Waals surface area contributed by atoms with Gasteiger partial charge in [0, 0.05) is 45.7 Å². The number of guanidine groups is 1. The van der Waals surface area contributed by atoms with Gasteiger partial charge >= 0.3 is 0 Å². The first-order valence-corrected chi connectivity index (χ1v) is 7.43. The number of rotatable bonds is 11. The fourth-order valence-corrected chi connectivity index (χ4v) is 1.67. The SMILES string of the molecule is CCNC(=NCCCOCCOC)NCCn1cccn1. The zero-order valence-corrected chi connectivity index (χ0v) is 13.0. The number of hydrogen-bond donors (Lipinski definition) is 2. The number of ether oxygens (including phenoxy) is 2. The number of nitrogens with zero attached hydrogens (tertiary/aromatic N) is 3. The average Bonchev–Trinajstić information content (AvgIpc) is 2.99. The van der Waals surface area contributed by atoms with Crippen molar-refractivity contribution in [3.05, 3.63) is 18.5 Å². The fourth-order valence-electron chi connectivity index (χ4n) is 1.67. The van der Waals surface area contributed by atoms with E-state index < -0.39 is 0 Å². The second-order valence-corrected chi connectivity index (χ2v) is 4.42. The lowest BCUT2D eigenvalue weighted by atomic mass is 10.4. The molecule has 1 heterocycles. The van der Waals surface area contributed by atoms with Crippen LogP contribution in [0.3, 0.4) is 0 Å². The molecule has 0 aromatic carbocycles. The molecule has 0 saturated heterocycles. The van der Waals surface area contributed by atoms with Crippen LogP contribution in [0.5, 0.6) is 0 Å². The molecule has 1 aromatic rings.